The molecule has 4 heteroatoms. The van der Waals surface area contributed by atoms with E-state index in [0.717, 1.165) is 45.4 Å². The Labute approximate surface area is 139 Å². The van der Waals surface area contributed by atoms with Crippen molar-refractivity contribution >= 4 is 11.8 Å². The highest BCUT2D eigenvalue weighted by molar-refractivity contribution is 5.68. The zero-order valence-corrected chi connectivity index (χ0v) is 14.5. The van der Waals surface area contributed by atoms with Gasteiger partial charge in [-0.2, -0.15) is 0 Å². The molecule has 0 radical (unpaired) electrons. The normalized spacial score (nSPS) is 18.9. The van der Waals surface area contributed by atoms with Crippen molar-refractivity contribution in [1.29, 1.82) is 0 Å². The van der Waals surface area contributed by atoms with Crippen LogP contribution >= 0.6 is 0 Å². The third-order valence-corrected chi connectivity index (χ3v) is 4.73. The maximum absolute atomic E-state index is 12.1. The van der Waals surface area contributed by atoms with Gasteiger partial charge in [0.05, 0.1) is 0 Å². The number of anilines is 1. The van der Waals surface area contributed by atoms with E-state index in [2.05, 4.69) is 29.2 Å². The summed E-state index contributed by atoms with van der Waals surface area (Å²) >= 11 is 0. The van der Waals surface area contributed by atoms with Crippen LogP contribution in [0.25, 0.3) is 0 Å². The summed E-state index contributed by atoms with van der Waals surface area (Å²) in [5.74, 6) is 0.667. The summed E-state index contributed by atoms with van der Waals surface area (Å²) in [5.41, 5.74) is 2.47. The van der Waals surface area contributed by atoms with Crippen molar-refractivity contribution in [2.24, 2.45) is 5.92 Å². The van der Waals surface area contributed by atoms with Crippen molar-refractivity contribution in [2.45, 2.75) is 45.6 Å². The number of fused-ring (bicyclic) bond motifs is 1. The summed E-state index contributed by atoms with van der Waals surface area (Å²) in [5, 5.41) is 0. The van der Waals surface area contributed by atoms with Gasteiger partial charge in [-0.3, -0.25) is 0 Å². The molecule has 0 spiro atoms. The molecule has 0 saturated carbocycles. The van der Waals surface area contributed by atoms with Gasteiger partial charge in [0, 0.05) is 31.9 Å². The van der Waals surface area contributed by atoms with Crippen molar-refractivity contribution in [3.63, 3.8) is 0 Å². The minimum Gasteiger partial charge on any atom is -0.444 e. The molecular formula is C19H28N2O2. The molecule has 0 aromatic heterocycles. The summed E-state index contributed by atoms with van der Waals surface area (Å²) in [6, 6.07) is 8.72. The van der Waals surface area contributed by atoms with Crippen LogP contribution < -0.4 is 4.90 Å². The topological polar surface area (TPSA) is 32.8 Å². The second-order valence-corrected chi connectivity index (χ2v) is 7.74. The Morgan fingerprint density at radius 1 is 1.17 bits per heavy atom. The summed E-state index contributed by atoms with van der Waals surface area (Å²) in [7, 11) is 0. The molecular weight excluding hydrogens is 288 g/mol. The molecule has 3 rings (SSSR count). The predicted molar refractivity (Wildman–Crippen MR) is 92.9 cm³/mol. The molecule has 1 aromatic carbocycles. The van der Waals surface area contributed by atoms with Gasteiger partial charge in [-0.15, -0.1) is 0 Å². The van der Waals surface area contributed by atoms with E-state index in [1.54, 1.807) is 0 Å². The monoisotopic (exact) mass is 316 g/mol. The van der Waals surface area contributed by atoms with Gasteiger partial charge in [0.1, 0.15) is 5.60 Å². The third kappa shape index (κ3) is 3.98. The summed E-state index contributed by atoms with van der Waals surface area (Å²) < 4.78 is 5.47. The molecule has 1 fully saturated rings. The minimum atomic E-state index is -0.410. The van der Waals surface area contributed by atoms with Crippen LogP contribution in [-0.4, -0.2) is 42.8 Å². The second-order valence-electron chi connectivity index (χ2n) is 7.74. The third-order valence-electron chi connectivity index (χ3n) is 4.73. The van der Waals surface area contributed by atoms with Gasteiger partial charge in [-0.1, -0.05) is 18.2 Å². The van der Waals surface area contributed by atoms with E-state index >= 15 is 0 Å². The molecule has 1 amide bonds. The molecule has 126 valence electrons. The summed E-state index contributed by atoms with van der Waals surface area (Å²) in [6.07, 6.45) is 3.13. The smallest absolute Gasteiger partial charge is 0.410 e. The molecule has 0 N–H and O–H groups in total. The van der Waals surface area contributed by atoms with Gasteiger partial charge in [0.2, 0.25) is 0 Å². The molecule has 2 heterocycles. The van der Waals surface area contributed by atoms with Gasteiger partial charge < -0.3 is 14.5 Å². The molecule has 1 saturated heterocycles. The number of carbonyl (C=O) groups excluding carboxylic acids is 1. The number of ether oxygens (including phenoxy) is 1. The largest absolute Gasteiger partial charge is 0.444 e. The molecule has 0 aliphatic carbocycles. The molecule has 4 nitrogen and oxygen atoms in total. The number of carbonyl (C=O) groups is 1. The number of likely N-dealkylation sites (tertiary alicyclic amines) is 1. The number of rotatable bonds is 2. The number of piperidine rings is 1. The van der Waals surface area contributed by atoms with E-state index in [4.69, 9.17) is 4.74 Å². The van der Waals surface area contributed by atoms with Crippen LogP contribution in [0.5, 0.6) is 0 Å². The Balaban J connectivity index is 1.50. The van der Waals surface area contributed by atoms with Crippen LogP contribution in [0.4, 0.5) is 10.5 Å². The highest BCUT2D eigenvalue weighted by Crippen LogP contribution is 2.30. The average Bonchev–Trinajstić information content (AvgIpc) is 2.90. The average molecular weight is 316 g/mol. The van der Waals surface area contributed by atoms with Crippen molar-refractivity contribution in [3.05, 3.63) is 29.8 Å². The quantitative estimate of drug-likeness (QED) is 0.834. The zero-order valence-electron chi connectivity index (χ0n) is 14.5. The van der Waals surface area contributed by atoms with Gasteiger partial charge in [0.25, 0.3) is 0 Å². The first-order valence-electron chi connectivity index (χ1n) is 8.73. The van der Waals surface area contributed by atoms with E-state index in [1.165, 1.54) is 11.3 Å². The second kappa shape index (κ2) is 6.42. The van der Waals surface area contributed by atoms with E-state index in [-0.39, 0.29) is 6.09 Å². The van der Waals surface area contributed by atoms with Crippen LogP contribution in [-0.2, 0) is 11.2 Å². The Bertz CT molecular complexity index is 557. The van der Waals surface area contributed by atoms with E-state index in [0.29, 0.717) is 5.92 Å². The first kappa shape index (κ1) is 16.2. The lowest BCUT2D eigenvalue weighted by Crippen LogP contribution is -2.43. The van der Waals surface area contributed by atoms with Gasteiger partial charge in [0.15, 0.2) is 0 Å². The van der Waals surface area contributed by atoms with Crippen LogP contribution in [0, 0.1) is 5.92 Å². The summed E-state index contributed by atoms with van der Waals surface area (Å²) in [6.45, 7) is 9.63. The van der Waals surface area contributed by atoms with E-state index in [9.17, 15) is 4.79 Å². The predicted octanol–water partition coefficient (Wildman–Crippen LogP) is 3.70. The number of amides is 1. The number of nitrogens with zero attached hydrogens (tertiary/aromatic N) is 2. The first-order valence-corrected chi connectivity index (χ1v) is 8.73. The molecule has 0 unspecified atom stereocenters. The molecule has 2 aliphatic heterocycles. The Kier molecular flexibility index (Phi) is 4.51. The van der Waals surface area contributed by atoms with Gasteiger partial charge in [-0.25, -0.2) is 4.79 Å². The summed E-state index contributed by atoms with van der Waals surface area (Å²) in [4.78, 5) is 16.5. The highest BCUT2D eigenvalue weighted by Gasteiger charge is 2.29. The zero-order chi connectivity index (χ0) is 16.4. The van der Waals surface area contributed by atoms with Crippen LogP contribution in [0.3, 0.4) is 0 Å². The first-order chi connectivity index (χ1) is 10.9. The van der Waals surface area contributed by atoms with Crippen molar-refractivity contribution in [2.75, 3.05) is 31.1 Å². The number of hydrogen-bond acceptors (Lipinski definition) is 3. The maximum Gasteiger partial charge on any atom is 0.410 e. The lowest BCUT2D eigenvalue weighted by molar-refractivity contribution is 0.0186. The fraction of sp³-hybridized carbons (Fsp3) is 0.632. The molecule has 2 aliphatic rings. The molecule has 23 heavy (non-hydrogen) atoms. The Morgan fingerprint density at radius 2 is 1.87 bits per heavy atom. The van der Waals surface area contributed by atoms with E-state index in [1.807, 2.05) is 25.7 Å². The molecule has 0 atom stereocenters. The van der Waals surface area contributed by atoms with Crippen molar-refractivity contribution in [3.8, 4) is 0 Å². The van der Waals surface area contributed by atoms with Crippen LogP contribution in [0.15, 0.2) is 24.3 Å². The SMILES string of the molecule is CC(C)(C)OC(=O)N1CCC(CN2CCc3ccccc32)CC1. The van der Waals surface area contributed by atoms with Crippen LogP contribution in [0.2, 0.25) is 0 Å². The maximum atomic E-state index is 12.1. The highest BCUT2D eigenvalue weighted by atomic mass is 16.6. The lowest BCUT2D eigenvalue weighted by atomic mass is 9.96. The Morgan fingerprint density at radius 3 is 2.57 bits per heavy atom. The fourth-order valence-electron chi connectivity index (χ4n) is 3.53. The van der Waals surface area contributed by atoms with E-state index < -0.39 is 5.60 Å². The van der Waals surface area contributed by atoms with Gasteiger partial charge >= 0.3 is 6.09 Å². The standard InChI is InChI=1S/C19H28N2O2/c1-19(2,3)23-18(22)20-11-8-15(9-12-20)14-21-13-10-16-6-4-5-7-17(16)21/h4-7,15H,8-14H2,1-3H3. The number of benzene rings is 1. The van der Waals surface area contributed by atoms with Crippen molar-refractivity contribution in [1.82, 2.24) is 4.90 Å². The lowest BCUT2D eigenvalue weighted by Gasteiger charge is -2.35. The minimum absolute atomic E-state index is 0.164. The fourth-order valence-corrected chi connectivity index (χ4v) is 3.53. The van der Waals surface area contributed by atoms with Crippen molar-refractivity contribution < 1.29 is 9.53 Å². The molecule has 1 aromatic rings. The Hall–Kier alpha value is -1.71. The molecule has 0 bridgehead atoms. The number of hydrogen-bond donors (Lipinski definition) is 0. The van der Waals surface area contributed by atoms with Crippen LogP contribution in [0.1, 0.15) is 39.2 Å². The number of para-hydroxylation sites is 1. The van der Waals surface area contributed by atoms with Gasteiger partial charge in [-0.05, 0) is 57.6 Å².